The van der Waals surface area contributed by atoms with Crippen LogP contribution in [-0.4, -0.2) is 15.5 Å². The lowest BCUT2D eigenvalue weighted by Crippen LogP contribution is -2.26. The van der Waals surface area contributed by atoms with Gasteiger partial charge in [0.1, 0.15) is 6.33 Å². The number of nitrogens with zero attached hydrogens (tertiary/aromatic N) is 2. The number of halogens is 2. The molecule has 92 valence electrons. The average molecular weight is 281 g/mol. The summed E-state index contributed by atoms with van der Waals surface area (Å²) in [5, 5.41) is 1.13. The minimum atomic E-state index is -0.498. The van der Waals surface area contributed by atoms with Gasteiger partial charge in [-0.05, 0) is 30.5 Å². The Bertz CT molecular complexity index is 603. The van der Waals surface area contributed by atoms with Gasteiger partial charge in [0.15, 0.2) is 0 Å². The van der Waals surface area contributed by atoms with E-state index in [9.17, 15) is 4.79 Å². The fraction of sp³-hybridized carbons (Fsp3) is 0.231. The van der Waals surface area contributed by atoms with E-state index in [0.717, 1.165) is 18.4 Å². The zero-order chi connectivity index (χ0) is 12.8. The van der Waals surface area contributed by atoms with Crippen molar-refractivity contribution in [2.24, 2.45) is 0 Å². The molecular formula is C13H10Cl2N2O. The Morgan fingerprint density at radius 3 is 2.67 bits per heavy atom. The molecule has 0 amide bonds. The molecule has 2 aromatic rings. The number of benzene rings is 1. The summed E-state index contributed by atoms with van der Waals surface area (Å²) >= 11 is 12.1. The lowest BCUT2D eigenvalue weighted by Gasteiger charge is -2.16. The van der Waals surface area contributed by atoms with Gasteiger partial charge in [0, 0.05) is 22.4 Å². The van der Waals surface area contributed by atoms with Crippen LogP contribution < -0.4 is 0 Å². The highest BCUT2D eigenvalue weighted by atomic mass is 35.5. The largest absolute Gasteiger partial charge is 0.276 e. The fourth-order valence-corrected chi connectivity index (χ4v) is 2.82. The number of hydrogen-bond acceptors (Lipinski definition) is 2. The summed E-state index contributed by atoms with van der Waals surface area (Å²) in [7, 11) is 0. The molecule has 18 heavy (non-hydrogen) atoms. The summed E-state index contributed by atoms with van der Waals surface area (Å²) in [5.74, 6) is 0.0178. The Balaban J connectivity index is 2.03. The normalized spacial score (nSPS) is 16.6. The Labute approximate surface area is 114 Å². The molecule has 0 bridgehead atoms. The molecule has 1 aliphatic rings. The van der Waals surface area contributed by atoms with Gasteiger partial charge < -0.3 is 0 Å². The van der Waals surface area contributed by atoms with E-state index in [-0.39, 0.29) is 5.91 Å². The van der Waals surface area contributed by atoms with Gasteiger partial charge in [-0.3, -0.25) is 9.36 Å². The lowest BCUT2D eigenvalue weighted by atomic mass is 9.95. The fourth-order valence-electron chi connectivity index (χ4n) is 2.23. The molecule has 1 saturated carbocycles. The van der Waals surface area contributed by atoms with Crippen LogP contribution in [0.4, 0.5) is 0 Å². The first-order valence-corrected chi connectivity index (χ1v) is 6.37. The summed E-state index contributed by atoms with van der Waals surface area (Å²) < 4.78 is 1.51. The van der Waals surface area contributed by atoms with Crippen molar-refractivity contribution in [2.45, 2.75) is 18.3 Å². The third kappa shape index (κ3) is 1.74. The summed E-state index contributed by atoms with van der Waals surface area (Å²) in [6.45, 7) is 0. The van der Waals surface area contributed by atoms with Gasteiger partial charge in [-0.15, -0.1) is 0 Å². The van der Waals surface area contributed by atoms with Crippen molar-refractivity contribution in [3.05, 3.63) is 52.5 Å². The first-order chi connectivity index (χ1) is 8.63. The standard InChI is InChI=1S/C13H10Cl2N2O/c14-9-1-2-10(11(15)7-9)13(3-4-13)12(18)17-6-5-16-8-17/h1-2,5-8H,3-4H2. The predicted molar refractivity (Wildman–Crippen MR) is 70.2 cm³/mol. The quantitative estimate of drug-likeness (QED) is 0.843. The third-order valence-corrected chi connectivity index (χ3v) is 3.89. The van der Waals surface area contributed by atoms with Gasteiger partial charge in [-0.2, -0.15) is 0 Å². The molecule has 0 radical (unpaired) electrons. The number of carbonyl (C=O) groups is 1. The smallest absolute Gasteiger partial charge is 0.242 e. The molecule has 1 heterocycles. The van der Waals surface area contributed by atoms with E-state index in [0.29, 0.717) is 10.0 Å². The first kappa shape index (κ1) is 11.8. The highest BCUT2D eigenvalue weighted by Gasteiger charge is 2.52. The maximum absolute atomic E-state index is 12.5. The molecule has 3 rings (SSSR count). The summed E-state index contributed by atoms with van der Waals surface area (Å²) in [6, 6.07) is 5.29. The SMILES string of the molecule is O=C(n1ccnc1)C1(c2ccc(Cl)cc2Cl)CC1. The van der Waals surface area contributed by atoms with Crippen LogP contribution in [0.15, 0.2) is 36.9 Å². The van der Waals surface area contributed by atoms with Crippen molar-refractivity contribution >= 4 is 29.1 Å². The molecule has 0 aliphatic heterocycles. The molecule has 3 nitrogen and oxygen atoms in total. The number of imidazole rings is 1. The van der Waals surface area contributed by atoms with Crippen LogP contribution in [0.1, 0.15) is 23.2 Å². The lowest BCUT2D eigenvalue weighted by molar-refractivity contribution is 0.0862. The second-order valence-corrected chi connectivity index (χ2v) is 5.33. The van der Waals surface area contributed by atoms with Crippen LogP contribution in [0.2, 0.25) is 10.0 Å². The van der Waals surface area contributed by atoms with Gasteiger partial charge in [-0.1, -0.05) is 29.3 Å². The van der Waals surface area contributed by atoms with Gasteiger partial charge in [0.2, 0.25) is 5.91 Å². The van der Waals surface area contributed by atoms with E-state index in [4.69, 9.17) is 23.2 Å². The summed E-state index contributed by atoms with van der Waals surface area (Å²) in [5.41, 5.74) is 0.356. The molecule has 1 aromatic heterocycles. The van der Waals surface area contributed by atoms with Gasteiger partial charge in [0.05, 0.1) is 5.41 Å². The first-order valence-electron chi connectivity index (χ1n) is 5.62. The molecular weight excluding hydrogens is 271 g/mol. The van der Waals surface area contributed by atoms with Gasteiger partial charge in [0.25, 0.3) is 0 Å². The van der Waals surface area contributed by atoms with Crippen molar-refractivity contribution < 1.29 is 4.79 Å². The molecule has 0 unspecified atom stereocenters. The van der Waals surface area contributed by atoms with E-state index in [2.05, 4.69) is 4.98 Å². The van der Waals surface area contributed by atoms with Crippen LogP contribution in [-0.2, 0) is 5.41 Å². The highest BCUT2D eigenvalue weighted by molar-refractivity contribution is 6.35. The van der Waals surface area contributed by atoms with E-state index >= 15 is 0 Å². The minimum absolute atomic E-state index is 0.0178. The zero-order valence-corrected chi connectivity index (χ0v) is 10.9. The Morgan fingerprint density at radius 2 is 2.11 bits per heavy atom. The van der Waals surface area contributed by atoms with E-state index in [1.807, 2.05) is 6.07 Å². The number of carbonyl (C=O) groups excluding carboxylic acids is 1. The summed E-state index contributed by atoms with van der Waals surface area (Å²) in [6.07, 6.45) is 6.40. The maximum atomic E-state index is 12.5. The van der Waals surface area contributed by atoms with Gasteiger partial charge >= 0.3 is 0 Å². The number of rotatable bonds is 2. The van der Waals surface area contributed by atoms with Crippen molar-refractivity contribution in [3.63, 3.8) is 0 Å². The van der Waals surface area contributed by atoms with E-state index in [1.54, 1.807) is 24.5 Å². The zero-order valence-electron chi connectivity index (χ0n) is 9.44. The molecule has 5 heteroatoms. The van der Waals surface area contributed by atoms with Crippen molar-refractivity contribution in [3.8, 4) is 0 Å². The maximum Gasteiger partial charge on any atom is 0.242 e. The second kappa shape index (κ2) is 4.11. The van der Waals surface area contributed by atoms with E-state index in [1.165, 1.54) is 10.9 Å². The number of hydrogen-bond donors (Lipinski definition) is 0. The average Bonchev–Trinajstić information content (AvgIpc) is 2.95. The summed E-state index contributed by atoms with van der Waals surface area (Å²) in [4.78, 5) is 16.4. The minimum Gasteiger partial charge on any atom is -0.276 e. The topological polar surface area (TPSA) is 34.9 Å². The monoisotopic (exact) mass is 280 g/mol. The van der Waals surface area contributed by atoms with Gasteiger partial charge in [-0.25, -0.2) is 4.98 Å². The van der Waals surface area contributed by atoms with E-state index < -0.39 is 5.41 Å². The van der Waals surface area contributed by atoms with Crippen molar-refractivity contribution in [2.75, 3.05) is 0 Å². The predicted octanol–water partition coefficient (Wildman–Crippen LogP) is 3.56. The second-order valence-electron chi connectivity index (χ2n) is 4.48. The van der Waals surface area contributed by atoms with Crippen LogP contribution in [0.5, 0.6) is 0 Å². The molecule has 1 aliphatic carbocycles. The van der Waals surface area contributed by atoms with Crippen LogP contribution in [0.3, 0.4) is 0 Å². The Morgan fingerprint density at radius 1 is 1.33 bits per heavy atom. The number of aromatic nitrogens is 2. The Hall–Kier alpha value is -1.32. The van der Waals surface area contributed by atoms with Crippen LogP contribution in [0.25, 0.3) is 0 Å². The molecule has 1 fully saturated rings. The molecule has 1 aromatic carbocycles. The van der Waals surface area contributed by atoms with Crippen LogP contribution >= 0.6 is 23.2 Å². The molecule has 0 N–H and O–H groups in total. The molecule has 0 spiro atoms. The van der Waals surface area contributed by atoms with Crippen LogP contribution in [0, 0.1) is 0 Å². The Kier molecular flexibility index (Phi) is 2.68. The molecule has 0 saturated heterocycles. The third-order valence-electron chi connectivity index (χ3n) is 3.34. The van der Waals surface area contributed by atoms with Crippen molar-refractivity contribution in [1.82, 2.24) is 9.55 Å². The highest BCUT2D eigenvalue weighted by Crippen LogP contribution is 2.51. The molecule has 0 atom stereocenters. The van der Waals surface area contributed by atoms with Crippen molar-refractivity contribution in [1.29, 1.82) is 0 Å².